The minimum absolute atomic E-state index is 1.13. The van der Waals surface area contributed by atoms with E-state index in [-0.39, 0.29) is 0 Å². The SMILES string of the molecule is c1ccc(-c2ccc3c(c2)c2ccccc2n3-c2cccc3c2c2ccccc2n3-c2cccc3c2c2ccccc2n3-c2ccc([Si](c3ccccc3)(c3ccccc3)c3ccccc3)cc2)cc1. The van der Waals surface area contributed by atoms with E-state index in [0.717, 1.165) is 11.4 Å². The molecule has 0 bridgehead atoms. The molecule has 0 aliphatic carbocycles. The molecule has 14 rings (SSSR count). The number of hydrogen-bond donors (Lipinski definition) is 0. The van der Waals surface area contributed by atoms with Crippen molar-refractivity contribution in [3.8, 4) is 28.2 Å². The third-order valence-corrected chi connectivity index (χ3v) is 19.6. The lowest BCUT2D eigenvalue weighted by Crippen LogP contribution is -2.74. The molecule has 0 saturated carbocycles. The second kappa shape index (κ2) is 16.1. The predicted molar refractivity (Wildman–Crippen MR) is 299 cm³/mol. The number of nitrogens with zero attached hydrogens (tertiary/aromatic N) is 3. The van der Waals surface area contributed by atoms with Gasteiger partial charge in [0.1, 0.15) is 0 Å². The van der Waals surface area contributed by atoms with Crippen molar-refractivity contribution in [3.63, 3.8) is 0 Å². The summed E-state index contributed by atoms with van der Waals surface area (Å²) in [5.41, 5.74) is 13.0. The molecule has 0 N–H and O–H groups in total. The fourth-order valence-corrected chi connectivity index (χ4v) is 16.6. The highest BCUT2D eigenvalue weighted by Crippen LogP contribution is 2.43. The Bertz CT molecular complexity index is 4170. The Balaban J connectivity index is 0.980. The molecular formula is C66H45N3Si. The summed E-state index contributed by atoms with van der Waals surface area (Å²) in [4.78, 5) is 0. The fraction of sp³-hybridized carbons (Fsp3) is 0. The minimum Gasteiger partial charge on any atom is -0.309 e. The third kappa shape index (κ3) is 5.94. The molecule has 0 fully saturated rings. The molecule has 0 saturated heterocycles. The zero-order chi connectivity index (χ0) is 46.2. The van der Waals surface area contributed by atoms with E-state index in [1.54, 1.807) is 0 Å². The van der Waals surface area contributed by atoms with E-state index in [2.05, 4.69) is 287 Å². The molecule has 4 heteroatoms. The average Bonchev–Trinajstić information content (AvgIpc) is 4.08. The molecule has 0 aliphatic rings. The summed E-state index contributed by atoms with van der Waals surface area (Å²) in [7, 11) is -2.70. The van der Waals surface area contributed by atoms with Crippen LogP contribution in [0.15, 0.2) is 273 Å². The van der Waals surface area contributed by atoms with Crippen molar-refractivity contribution in [1.82, 2.24) is 13.7 Å². The lowest BCUT2D eigenvalue weighted by atomic mass is 10.0. The van der Waals surface area contributed by atoms with Crippen molar-refractivity contribution in [2.45, 2.75) is 0 Å². The summed E-state index contributed by atoms with van der Waals surface area (Å²) in [5, 5.41) is 12.8. The van der Waals surface area contributed by atoms with Gasteiger partial charge in [-0.3, -0.25) is 0 Å². The number of rotatable bonds is 8. The highest BCUT2D eigenvalue weighted by molar-refractivity contribution is 7.19. The normalized spacial score (nSPS) is 12.0. The van der Waals surface area contributed by atoms with Crippen LogP contribution in [0.4, 0.5) is 0 Å². The number of fused-ring (bicyclic) bond motifs is 9. The number of benzene rings is 11. The summed E-state index contributed by atoms with van der Waals surface area (Å²) in [6.45, 7) is 0. The summed E-state index contributed by atoms with van der Waals surface area (Å²) in [6.07, 6.45) is 0. The van der Waals surface area contributed by atoms with Gasteiger partial charge in [-0.15, -0.1) is 0 Å². The molecule has 0 aliphatic heterocycles. The average molecular weight is 908 g/mol. The van der Waals surface area contributed by atoms with E-state index < -0.39 is 8.07 Å². The fourth-order valence-electron chi connectivity index (χ4n) is 11.9. The lowest BCUT2D eigenvalue weighted by molar-refractivity contribution is 1.17. The maximum absolute atomic E-state index is 2.70. The largest absolute Gasteiger partial charge is 0.309 e. The first-order chi connectivity index (χ1) is 34.8. The van der Waals surface area contributed by atoms with Crippen LogP contribution in [0.1, 0.15) is 0 Å². The zero-order valence-corrected chi connectivity index (χ0v) is 39.3. The van der Waals surface area contributed by atoms with Crippen molar-refractivity contribution < 1.29 is 0 Å². The summed E-state index contributed by atoms with van der Waals surface area (Å²) < 4.78 is 7.47. The molecule has 3 heterocycles. The van der Waals surface area contributed by atoms with Crippen molar-refractivity contribution in [3.05, 3.63) is 273 Å². The van der Waals surface area contributed by atoms with Crippen LogP contribution < -0.4 is 20.7 Å². The second-order valence-corrected chi connectivity index (χ2v) is 22.2. The van der Waals surface area contributed by atoms with Gasteiger partial charge in [-0.2, -0.15) is 0 Å². The topological polar surface area (TPSA) is 14.8 Å². The van der Waals surface area contributed by atoms with Gasteiger partial charge in [0.15, 0.2) is 8.07 Å². The van der Waals surface area contributed by atoms with Gasteiger partial charge in [-0.05, 0) is 98.6 Å². The van der Waals surface area contributed by atoms with E-state index in [0.29, 0.717) is 0 Å². The van der Waals surface area contributed by atoms with Crippen LogP contribution in [0.2, 0.25) is 0 Å². The van der Waals surface area contributed by atoms with Crippen LogP contribution in [0, 0.1) is 0 Å². The molecule has 0 amide bonds. The number of hydrogen-bond acceptors (Lipinski definition) is 0. The van der Waals surface area contributed by atoms with Gasteiger partial charge < -0.3 is 13.7 Å². The Hall–Kier alpha value is -8.96. The second-order valence-electron chi connectivity index (χ2n) is 18.4. The molecule has 328 valence electrons. The third-order valence-electron chi connectivity index (χ3n) is 14.8. The van der Waals surface area contributed by atoms with Crippen LogP contribution in [-0.4, -0.2) is 21.8 Å². The number of aromatic nitrogens is 3. The van der Waals surface area contributed by atoms with E-state index in [9.17, 15) is 0 Å². The standard InChI is InChI=1S/C66H45N3Si/c1-5-21-46(22-6-1)47-39-44-60-56(45-47)53-29-13-16-32-57(53)68(60)62-36-20-38-64-66(62)55-31-15-18-34-59(55)69(64)63-37-19-35-61-65(63)54-30-14-17-33-58(54)67(61)48-40-42-52(43-41-48)70(49-23-7-2-8-24-49,50-25-9-3-10-26-50)51-27-11-4-12-28-51/h1-45H. The van der Waals surface area contributed by atoms with Gasteiger partial charge in [0.05, 0.1) is 44.5 Å². The van der Waals surface area contributed by atoms with E-state index in [1.165, 1.54) is 103 Å². The van der Waals surface area contributed by atoms with Crippen LogP contribution in [0.25, 0.3) is 93.6 Å². The highest BCUT2D eigenvalue weighted by atomic mass is 28.3. The highest BCUT2D eigenvalue weighted by Gasteiger charge is 2.41. The molecule has 0 atom stereocenters. The van der Waals surface area contributed by atoms with Crippen molar-refractivity contribution in [2.75, 3.05) is 0 Å². The molecule has 14 aromatic rings. The first-order valence-electron chi connectivity index (χ1n) is 24.2. The van der Waals surface area contributed by atoms with Gasteiger partial charge in [-0.25, -0.2) is 0 Å². The quantitative estimate of drug-likeness (QED) is 0.107. The lowest BCUT2D eigenvalue weighted by Gasteiger charge is -2.34. The van der Waals surface area contributed by atoms with Gasteiger partial charge >= 0.3 is 0 Å². The monoisotopic (exact) mass is 907 g/mol. The molecule has 0 radical (unpaired) electrons. The molecule has 0 spiro atoms. The molecule has 3 nitrogen and oxygen atoms in total. The van der Waals surface area contributed by atoms with Crippen molar-refractivity contribution in [2.24, 2.45) is 0 Å². The maximum Gasteiger partial charge on any atom is 0.179 e. The minimum atomic E-state index is -2.70. The van der Waals surface area contributed by atoms with Crippen LogP contribution in [0.3, 0.4) is 0 Å². The van der Waals surface area contributed by atoms with Crippen LogP contribution in [-0.2, 0) is 0 Å². The van der Waals surface area contributed by atoms with E-state index >= 15 is 0 Å². The van der Waals surface area contributed by atoms with Crippen molar-refractivity contribution in [1.29, 1.82) is 0 Å². The van der Waals surface area contributed by atoms with Crippen molar-refractivity contribution >= 4 is 94.2 Å². The summed E-state index contributed by atoms with van der Waals surface area (Å²) in [6, 6.07) is 101. The van der Waals surface area contributed by atoms with Gasteiger partial charge in [0, 0.05) is 38.0 Å². The Labute approximate surface area is 407 Å². The summed E-state index contributed by atoms with van der Waals surface area (Å²) >= 11 is 0. The zero-order valence-electron chi connectivity index (χ0n) is 38.3. The van der Waals surface area contributed by atoms with Gasteiger partial charge in [0.2, 0.25) is 0 Å². The Morgan fingerprint density at radius 2 is 0.614 bits per heavy atom. The molecular weight excluding hydrogens is 863 g/mol. The Kier molecular flexibility index (Phi) is 9.23. The predicted octanol–water partition coefficient (Wildman–Crippen LogP) is 14.0. The first kappa shape index (κ1) is 40.1. The molecule has 70 heavy (non-hydrogen) atoms. The first-order valence-corrected chi connectivity index (χ1v) is 26.2. The molecule has 0 unspecified atom stereocenters. The van der Waals surface area contributed by atoms with Crippen LogP contribution >= 0.6 is 0 Å². The van der Waals surface area contributed by atoms with Gasteiger partial charge in [0.25, 0.3) is 0 Å². The van der Waals surface area contributed by atoms with Gasteiger partial charge in [-0.1, -0.05) is 206 Å². The number of para-hydroxylation sites is 3. The molecule has 3 aromatic heterocycles. The smallest absolute Gasteiger partial charge is 0.179 e. The summed E-state index contributed by atoms with van der Waals surface area (Å²) in [5.74, 6) is 0. The Morgan fingerprint density at radius 3 is 1.16 bits per heavy atom. The van der Waals surface area contributed by atoms with Crippen LogP contribution in [0.5, 0.6) is 0 Å². The maximum atomic E-state index is 2.51. The van der Waals surface area contributed by atoms with E-state index in [1.807, 2.05) is 0 Å². The molecule has 11 aromatic carbocycles. The van der Waals surface area contributed by atoms with E-state index in [4.69, 9.17) is 0 Å². The Morgan fingerprint density at radius 1 is 0.229 bits per heavy atom.